The second-order valence-corrected chi connectivity index (χ2v) is 11.3. The molecule has 0 spiro atoms. The molecule has 0 bridgehead atoms. The molecule has 3 aliphatic rings. The number of hydrogen-bond acceptors (Lipinski definition) is 6. The maximum absolute atomic E-state index is 12.9. The molecule has 0 aromatic carbocycles. The minimum atomic E-state index is -0.993. The van der Waals surface area contributed by atoms with Crippen LogP contribution in [0.5, 0.6) is 0 Å². The van der Waals surface area contributed by atoms with Gasteiger partial charge >= 0.3 is 5.97 Å². The molecule has 3 N–H and O–H groups in total. The maximum atomic E-state index is 12.9. The molecule has 2 amide bonds. The second kappa shape index (κ2) is 13.9. The number of anilines is 1. The molecular formula is C29H45N5O4. The number of carboxylic acids is 1. The van der Waals surface area contributed by atoms with Crippen LogP contribution in [0.15, 0.2) is 12.1 Å². The van der Waals surface area contributed by atoms with Crippen molar-refractivity contribution in [3.63, 3.8) is 0 Å². The topological polar surface area (TPSA) is 115 Å². The fourth-order valence-corrected chi connectivity index (χ4v) is 5.97. The zero-order valence-electron chi connectivity index (χ0n) is 22.9. The van der Waals surface area contributed by atoms with E-state index in [0.29, 0.717) is 44.8 Å². The molecule has 9 nitrogen and oxygen atoms in total. The van der Waals surface area contributed by atoms with Crippen LogP contribution in [0, 0.1) is 11.8 Å². The van der Waals surface area contributed by atoms with Crippen LogP contribution in [0.1, 0.15) is 76.0 Å². The van der Waals surface area contributed by atoms with Gasteiger partial charge in [-0.1, -0.05) is 19.4 Å². The summed E-state index contributed by atoms with van der Waals surface area (Å²) in [7, 11) is 0. The van der Waals surface area contributed by atoms with Crippen molar-refractivity contribution in [1.82, 2.24) is 20.1 Å². The van der Waals surface area contributed by atoms with Gasteiger partial charge in [-0.2, -0.15) is 0 Å². The number of aryl methyl sites for hydroxylation is 2. The third kappa shape index (κ3) is 7.91. The minimum absolute atomic E-state index is 0.0989. The molecule has 3 atom stereocenters. The Morgan fingerprint density at radius 3 is 2.87 bits per heavy atom. The first-order valence-electron chi connectivity index (χ1n) is 14.7. The summed E-state index contributed by atoms with van der Waals surface area (Å²) >= 11 is 0. The molecule has 2 saturated heterocycles. The Morgan fingerprint density at radius 2 is 2.05 bits per heavy atom. The number of likely N-dealkylation sites (tertiary alicyclic amines) is 2. The van der Waals surface area contributed by atoms with Gasteiger partial charge < -0.3 is 25.5 Å². The van der Waals surface area contributed by atoms with Gasteiger partial charge in [-0.3, -0.25) is 9.59 Å². The number of unbranched alkanes of at least 4 members (excludes halogenated alkanes) is 1. The number of nitrogens with one attached hydrogen (secondary N) is 2. The van der Waals surface area contributed by atoms with Crippen LogP contribution in [-0.2, 0) is 27.2 Å². The van der Waals surface area contributed by atoms with Crippen molar-refractivity contribution < 1.29 is 19.5 Å². The van der Waals surface area contributed by atoms with E-state index in [2.05, 4.69) is 34.6 Å². The predicted molar refractivity (Wildman–Crippen MR) is 147 cm³/mol. The summed E-state index contributed by atoms with van der Waals surface area (Å²) in [6, 6.07) is 3.46. The number of aliphatic carboxylic acids is 1. The summed E-state index contributed by atoms with van der Waals surface area (Å²) < 4.78 is 0. The molecule has 9 heteroatoms. The van der Waals surface area contributed by atoms with Crippen LogP contribution in [0.4, 0.5) is 5.82 Å². The van der Waals surface area contributed by atoms with Crippen molar-refractivity contribution in [2.24, 2.45) is 11.8 Å². The molecule has 4 heterocycles. The summed E-state index contributed by atoms with van der Waals surface area (Å²) in [5, 5.41) is 16.0. The Morgan fingerprint density at radius 1 is 1.18 bits per heavy atom. The Kier molecular flexibility index (Phi) is 10.4. The number of hydrogen-bond donors (Lipinski definition) is 3. The summed E-state index contributed by atoms with van der Waals surface area (Å²) in [6.07, 6.45) is 9.60. The maximum Gasteiger partial charge on any atom is 0.326 e. The molecular weight excluding hydrogens is 482 g/mol. The monoisotopic (exact) mass is 527 g/mol. The Hall–Kier alpha value is -2.68. The first-order chi connectivity index (χ1) is 18.4. The van der Waals surface area contributed by atoms with Crippen LogP contribution in [0.2, 0.25) is 0 Å². The lowest BCUT2D eigenvalue weighted by molar-refractivity contribution is -0.144. The Labute approximate surface area is 226 Å². The van der Waals surface area contributed by atoms with E-state index in [-0.39, 0.29) is 17.7 Å². The number of aromatic nitrogens is 1. The van der Waals surface area contributed by atoms with E-state index in [1.807, 2.05) is 0 Å². The lowest BCUT2D eigenvalue weighted by atomic mass is 9.96. The summed E-state index contributed by atoms with van der Waals surface area (Å²) in [5.74, 6) is 0.163. The zero-order valence-corrected chi connectivity index (χ0v) is 22.9. The molecule has 4 rings (SSSR count). The van der Waals surface area contributed by atoms with E-state index in [9.17, 15) is 19.5 Å². The lowest BCUT2D eigenvalue weighted by Gasteiger charge is -2.32. The number of piperidine rings is 1. The van der Waals surface area contributed by atoms with Crippen molar-refractivity contribution in [1.29, 1.82) is 0 Å². The van der Waals surface area contributed by atoms with Crippen molar-refractivity contribution in [2.45, 2.75) is 83.6 Å². The Balaban J connectivity index is 1.19. The van der Waals surface area contributed by atoms with Crippen LogP contribution >= 0.6 is 0 Å². The standard InChI is InChI=1S/C29H45N5O4/c1-2-3-8-26(35)34-16-5-7-23(20-34)28(36)32-25(29(37)38)14-18-33-17-13-21(19-33)9-11-24-12-10-22-6-4-15-30-27(22)31-24/h10,12,21,23,25H,2-9,11,13-20H2,1H3,(H,30,31)(H,32,36)(H,37,38)/t21-,23-,25+/m1/s1. The number of carbonyl (C=O) groups is 3. The molecule has 210 valence electrons. The third-order valence-corrected chi connectivity index (χ3v) is 8.37. The summed E-state index contributed by atoms with van der Waals surface area (Å²) in [6.45, 7) is 6.70. The summed E-state index contributed by atoms with van der Waals surface area (Å²) in [5.41, 5.74) is 2.45. The largest absolute Gasteiger partial charge is 0.480 e. The first kappa shape index (κ1) is 28.3. The van der Waals surface area contributed by atoms with Crippen LogP contribution < -0.4 is 10.6 Å². The number of nitrogens with zero attached hydrogens (tertiary/aromatic N) is 3. The molecule has 1 aromatic rings. The molecule has 0 radical (unpaired) electrons. The molecule has 0 unspecified atom stereocenters. The number of rotatable bonds is 12. The van der Waals surface area contributed by atoms with Crippen molar-refractivity contribution in [3.05, 3.63) is 23.4 Å². The van der Waals surface area contributed by atoms with Crippen LogP contribution in [0.3, 0.4) is 0 Å². The predicted octanol–water partition coefficient (Wildman–Crippen LogP) is 3.08. The number of amides is 2. The van der Waals surface area contributed by atoms with Crippen molar-refractivity contribution in [2.75, 3.05) is 44.6 Å². The van der Waals surface area contributed by atoms with E-state index in [0.717, 1.165) is 82.5 Å². The van der Waals surface area contributed by atoms with Crippen molar-refractivity contribution >= 4 is 23.6 Å². The number of carboxylic acid groups (broad SMARTS) is 1. The first-order valence-corrected chi connectivity index (χ1v) is 14.7. The minimum Gasteiger partial charge on any atom is -0.480 e. The van der Waals surface area contributed by atoms with Gasteiger partial charge in [-0.25, -0.2) is 9.78 Å². The normalized spacial score (nSPS) is 22.4. The van der Waals surface area contributed by atoms with Gasteiger partial charge in [0.25, 0.3) is 0 Å². The number of pyridine rings is 1. The van der Waals surface area contributed by atoms with E-state index in [1.54, 1.807) is 4.90 Å². The quantitative estimate of drug-likeness (QED) is 0.383. The zero-order chi connectivity index (χ0) is 26.9. The lowest BCUT2D eigenvalue weighted by Crippen LogP contribution is -2.50. The number of carbonyl (C=O) groups excluding carboxylic acids is 2. The number of fused-ring (bicyclic) bond motifs is 1. The fraction of sp³-hybridized carbons (Fsp3) is 0.724. The molecule has 3 aliphatic heterocycles. The average molecular weight is 528 g/mol. The highest BCUT2D eigenvalue weighted by Crippen LogP contribution is 2.24. The molecule has 1 aromatic heterocycles. The molecule has 2 fully saturated rings. The van der Waals surface area contributed by atoms with E-state index >= 15 is 0 Å². The fourth-order valence-electron chi connectivity index (χ4n) is 5.97. The van der Waals surface area contributed by atoms with Crippen LogP contribution in [0.25, 0.3) is 0 Å². The van der Waals surface area contributed by atoms with E-state index in [4.69, 9.17) is 4.98 Å². The van der Waals surface area contributed by atoms with Gasteiger partial charge in [-0.05, 0) is 81.9 Å². The van der Waals surface area contributed by atoms with Gasteiger partial charge in [-0.15, -0.1) is 0 Å². The Bertz CT molecular complexity index is 970. The molecule has 0 aliphatic carbocycles. The smallest absolute Gasteiger partial charge is 0.326 e. The average Bonchev–Trinajstić information content (AvgIpc) is 3.40. The van der Waals surface area contributed by atoms with Gasteiger partial charge in [0.15, 0.2) is 0 Å². The van der Waals surface area contributed by atoms with Gasteiger partial charge in [0.05, 0.1) is 5.92 Å². The highest BCUT2D eigenvalue weighted by atomic mass is 16.4. The highest BCUT2D eigenvalue weighted by molar-refractivity contribution is 5.86. The van der Waals surface area contributed by atoms with E-state index in [1.165, 1.54) is 5.56 Å². The molecule has 0 saturated carbocycles. The van der Waals surface area contributed by atoms with Gasteiger partial charge in [0.1, 0.15) is 11.9 Å². The van der Waals surface area contributed by atoms with Gasteiger partial charge in [0, 0.05) is 44.8 Å². The third-order valence-electron chi connectivity index (χ3n) is 8.37. The highest BCUT2D eigenvalue weighted by Gasteiger charge is 2.31. The SMILES string of the molecule is CCCCC(=O)N1CCC[C@@H](C(=O)N[C@@H](CCN2CC[C@@H](CCc3ccc4c(n3)NCCC4)C2)C(=O)O)C1. The van der Waals surface area contributed by atoms with Crippen LogP contribution in [-0.4, -0.2) is 83.0 Å². The van der Waals surface area contributed by atoms with Crippen molar-refractivity contribution in [3.8, 4) is 0 Å². The second-order valence-electron chi connectivity index (χ2n) is 11.3. The molecule has 38 heavy (non-hydrogen) atoms. The van der Waals surface area contributed by atoms with Gasteiger partial charge in [0.2, 0.25) is 11.8 Å². The summed E-state index contributed by atoms with van der Waals surface area (Å²) in [4.78, 5) is 46.2. The van der Waals surface area contributed by atoms with E-state index < -0.39 is 12.0 Å².